The quantitative estimate of drug-likeness (QED) is 0.167. The molecule has 15 heteroatoms. The largest absolute Gasteiger partial charge is 0.346 e. The van der Waals surface area contributed by atoms with Crippen molar-refractivity contribution >= 4 is 38.5 Å². The van der Waals surface area contributed by atoms with E-state index in [1.165, 1.54) is 23.9 Å². The number of amides is 1. The number of hydrogen-bond acceptors (Lipinski definition) is 6. The molecular weight excluding hydrogens is 644 g/mol. The Balaban J connectivity index is 1.21. The van der Waals surface area contributed by atoms with Crippen molar-refractivity contribution in [2.45, 2.75) is 44.2 Å². The normalized spacial score (nSPS) is 20.1. The van der Waals surface area contributed by atoms with Gasteiger partial charge in [0.2, 0.25) is 5.91 Å². The summed E-state index contributed by atoms with van der Waals surface area (Å²) in [4.78, 5) is 30.1. The summed E-state index contributed by atoms with van der Waals surface area (Å²) in [6.45, 7) is 0.787. The molecule has 2 N–H and O–H groups in total. The van der Waals surface area contributed by atoms with Crippen LogP contribution in [0.2, 0.25) is 0 Å². The molecule has 0 radical (unpaired) electrons. The van der Waals surface area contributed by atoms with Crippen molar-refractivity contribution < 1.29 is 31.1 Å². The first-order valence-electron chi connectivity index (χ1n) is 14.7. The zero-order valence-corrected chi connectivity index (χ0v) is 25.1. The molecular formula is C32H23F6N7OS. The minimum Gasteiger partial charge on any atom is -0.346 e. The van der Waals surface area contributed by atoms with Crippen LogP contribution in [0, 0.1) is 23.5 Å². The lowest BCUT2D eigenvalue weighted by Crippen LogP contribution is -2.35. The zero-order chi connectivity index (χ0) is 32.8. The van der Waals surface area contributed by atoms with E-state index in [9.17, 15) is 22.4 Å². The molecule has 0 aliphatic heterocycles. The number of carbonyl (C=O) groups excluding carboxylic acids is 1. The number of pyridine rings is 1. The fourth-order valence-electron chi connectivity index (χ4n) is 7.11. The SMILES string of the molecule is C[C@@H]1[C@@H]2c3c(C(F)F)nn(CC(=O)NC(Cc4cc(F)cc(F)c4)c4ncc5[nH]cnc5c4-c4ccc5scnc5c4)c3C(F)(F)[C@H]12. The molecule has 8 nitrogen and oxygen atoms in total. The number of nitrogens with one attached hydrogen (secondary N) is 2. The van der Waals surface area contributed by atoms with E-state index < -0.39 is 71.6 Å². The zero-order valence-electron chi connectivity index (χ0n) is 24.3. The Kier molecular flexibility index (Phi) is 6.69. The number of thiazole rings is 1. The lowest BCUT2D eigenvalue weighted by molar-refractivity contribution is -0.123. The number of nitrogens with zero attached hydrogens (tertiary/aromatic N) is 5. The van der Waals surface area contributed by atoms with Crippen molar-refractivity contribution in [2.24, 2.45) is 11.8 Å². The molecule has 2 aliphatic rings. The number of alkyl halides is 4. The standard InChI is InChI=1S/C32H23F6N7OS/c1-13-23-25-29(31(35)36)44-45(30(25)32(37,38)26(13)23)10-22(46)43-19(6-14-4-16(33)8-17(34)5-14)27-24(28-20(9-39-27)40-11-41-28)15-2-3-21-18(7-15)42-12-47-21/h2-5,7-9,11-13,19,23,26,31H,6,10H2,1H3,(H,40,41)(H,43,46)/t13-,19?,23-,26-/m1/s1. The number of carbonyl (C=O) groups is 1. The number of aromatic amines is 1. The van der Waals surface area contributed by atoms with Gasteiger partial charge in [0.15, 0.2) is 0 Å². The molecule has 4 aromatic heterocycles. The van der Waals surface area contributed by atoms with Gasteiger partial charge in [0.25, 0.3) is 12.3 Å². The summed E-state index contributed by atoms with van der Waals surface area (Å²) in [7, 11) is 0. The average molecular weight is 668 g/mol. The third-order valence-corrected chi connectivity index (χ3v) is 9.92. The summed E-state index contributed by atoms with van der Waals surface area (Å²) < 4.78 is 88.9. The number of hydrogen-bond donors (Lipinski definition) is 2. The number of aromatic nitrogens is 6. The summed E-state index contributed by atoms with van der Waals surface area (Å²) >= 11 is 1.45. The van der Waals surface area contributed by atoms with E-state index in [1.807, 2.05) is 18.2 Å². The van der Waals surface area contributed by atoms with Crippen LogP contribution in [0.1, 0.15) is 53.5 Å². The third-order valence-electron chi connectivity index (χ3n) is 9.11. The van der Waals surface area contributed by atoms with E-state index in [4.69, 9.17) is 0 Å². The highest BCUT2D eigenvalue weighted by molar-refractivity contribution is 7.16. The number of H-pyrrole nitrogens is 1. The lowest BCUT2D eigenvalue weighted by atomic mass is 9.94. The minimum atomic E-state index is -3.44. The topological polar surface area (TPSA) is 101 Å². The molecule has 4 heterocycles. The number of rotatable bonds is 8. The van der Waals surface area contributed by atoms with E-state index in [2.05, 4.69) is 30.4 Å². The van der Waals surface area contributed by atoms with E-state index in [1.54, 1.807) is 12.4 Å². The Hall–Kier alpha value is -4.79. The fraction of sp³-hybridized carbons (Fsp3) is 0.281. The molecule has 8 rings (SSSR count). The molecule has 1 saturated carbocycles. The molecule has 2 aromatic carbocycles. The second-order valence-electron chi connectivity index (χ2n) is 12.0. The summed E-state index contributed by atoms with van der Waals surface area (Å²) in [6.07, 6.45) is -0.293. The van der Waals surface area contributed by atoms with Gasteiger partial charge in [-0.25, -0.2) is 27.5 Å². The maximum atomic E-state index is 15.4. The van der Waals surface area contributed by atoms with Crippen LogP contribution in [0.15, 0.2) is 54.4 Å². The van der Waals surface area contributed by atoms with Gasteiger partial charge in [0, 0.05) is 29.0 Å². The molecule has 6 aromatic rings. The molecule has 0 spiro atoms. The molecule has 0 saturated heterocycles. The Morgan fingerprint density at radius 3 is 2.64 bits per heavy atom. The van der Waals surface area contributed by atoms with Crippen molar-refractivity contribution in [3.05, 3.63) is 94.3 Å². The number of benzene rings is 2. The minimum absolute atomic E-state index is 0.160. The van der Waals surface area contributed by atoms with Crippen LogP contribution < -0.4 is 5.32 Å². The van der Waals surface area contributed by atoms with Crippen LogP contribution in [0.4, 0.5) is 26.3 Å². The van der Waals surface area contributed by atoms with Gasteiger partial charge in [-0.3, -0.25) is 14.5 Å². The number of imidazole rings is 1. The van der Waals surface area contributed by atoms with Crippen LogP contribution in [0.3, 0.4) is 0 Å². The van der Waals surface area contributed by atoms with Crippen LogP contribution >= 0.6 is 11.3 Å². The Morgan fingerprint density at radius 1 is 1.09 bits per heavy atom. The summed E-state index contributed by atoms with van der Waals surface area (Å²) in [6, 6.07) is 7.40. The van der Waals surface area contributed by atoms with Gasteiger partial charge >= 0.3 is 0 Å². The van der Waals surface area contributed by atoms with Crippen molar-refractivity contribution in [3.63, 3.8) is 0 Å². The molecule has 1 unspecified atom stereocenters. The lowest BCUT2D eigenvalue weighted by Gasteiger charge is -2.23. The maximum Gasteiger partial charge on any atom is 0.293 e. The van der Waals surface area contributed by atoms with Gasteiger partial charge in [0.05, 0.1) is 51.0 Å². The summed E-state index contributed by atoms with van der Waals surface area (Å²) in [5, 5.41) is 6.55. The molecule has 2 aliphatic carbocycles. The molecule has 47 heavy (non-hydrogen) atoms. The highest BCUT2D eigenvalue weighted by Crippen LogP contribution is 2.71. The van der Waals surface area contributed by atoms with Crippen molar-refractivity contribution in [3.8, 4) is 11.1 Å². The summed E-state index contributed by atoms with van der Waals surface area (Å²) in [5.74, 6) is -8.31. The van der Waals surface area contributed by atoms with Crippen molar-refractivity contribution in [1.29, 1.82) is 0 Å². The van der Waals surface area contributed by atoms with E-state index in [-0.39, 0.29) is 23.2 Å². The highest BCUT2D eigenvalue weighted by atomic mass is 32.1. The van der Waals surface area contributed by atoms with Crippen LogP contribution in [-0.2, 0) is 23.7 Å². The van der Waals surface area contributed by atoms with Crippen LogP contribution in [0.5, 0.6) is 0 Å². The van der Waals surface area contributed by atoms with Gasteiger partial charge in [0.1, 0.15) is 29.6 Å². The van der Waals surface area contributed by atoms with Gasteiger partial charge in [-0.15, -0.1) is 11.3 Å². The monoisotopic (exact) mass is 667 g/mol. The molecule has 240 valence electrons. The second-order valence-corrected chi connectivity index (χ2v) is 12.8. The highest BCUT2D eigenvalue weighted by Gasteiger charge is 2.71. The Morgan fingerprint density at radius 2 is 1.87 bits per heavy atom. The summed E-state index contributed by atoms with van der Waals surface area (Å²) in [5.41, 5.74) is 3.46. The predicted molar refractivity (Wildman–Crippen MR) is 160 cm³/mol. The van der Waals surface area contributed by atoms with Crippen LogP contribution in [0.25, 0.3) is 32.4 Å². The smallest absolute Gasteiger partial charge is 0.293 e. The molecule has 0 bridgehead atoms. The van der Waals surface area contributed by atoms with E-state index in [0.29, 0.717) is 38.4 Å². The fourth-order valence-corrected chi connectivity index (χ4v) is 7.77. The number of halogens is 6. The van der Waals surface area contributed by atoms with Crippen molar-refractivity contribution in [2.75, 3.05) is 0 Å². The molecule has 4 atom stereocenters. The van der Waals surface area contributed by atoms with Gasteiger partial charge in [-0.2, -0.15) is 13.9 Å². The first-order valence-corrected chi connectivity index (χ1v) is 15.6. The molecule has 1 fully saturated rings. The van der Waals surface area contributed by atoms with Crippen LogP contribution in [-0.4, -0.2) is 35.6 Å². The first kappa shape index (κ1) is 29.6. The predicted octanol–water partition coefficient (Wildman–Crippen LogP) is 7.20. The third kappa shape index (κ3) is 4.77. The van der Waals surface area contributed by atoms with E-state index >= 15 is 8.78 Å². The van der Waals surface area contributed by atoms with Crippen molar-refractivity contribution in [1.82, 2.24) is 35.0 Å². The maximum absolute atomic E-state index is 15.4. The second kappa shape index (κ2) is 10.6. The average Bonchev–Trinajstić information content (AvgIpc) is 3.50. The van der Waals surface area contributed by atoms with Gasteiger partial charge in [-0.05, 0) is 47.7 Å². The first-order chi connectivity index (χ1) is 22.5. The molecule has 1 amide bonds. The van der Waals surface area contributed by atoms with Gasteiger partial charge < -0.3 is 10.3 Å². The van der Waals surface area contributed by atoms with E-state index in [0.717, 1.165) is 16.8 Å². The Labute approximate surface area is 265 Å². The number of fused-ring (bicyclic) bond motifs is 5. The Bertz CT molecular complexity index is 2190. The van der Waals surface area contributed by atoms with Gasteiger partial charge in [-0.1, -0.05) is 13.0 Å².